The van der Waals surface area contributed by atoms with Crippen LogP contribution in [0.1, 0.15) is 23.1 Å². The minimum atomic E-state index is 0.0202. The van der Waals surface area contributed by atoms with E-state index in [1.165, 1.54) is 22.9 Å². The molecule has 0 unspecified atom stereocenters. The van der Waals surface area contributed by atoms with Crippen LogP contribution < -0.4 is 10.6 Å². The first-order chi connectivity index (χ1) is 11.6. The Balaban J connectivity index is 1.50. The van der Waals surface area contributed by atoms with Gasteiger partial charge in [0.15, 0.2) is 0 Å². The van der Waals surface area contributed by atoms with Crippen molar-refractivity contribution < 1.29 is 9.59 Å². The van der Waals surface area contributed by atoms with Gasteiger partial charge in [-0.25, -0.2) is 0 Å². The number of thioether (sulfide) groups is 1. The van der Waals surface area contributed by atoms with Crippen LogP contribution in [-0.4, -0.2) is 17.6 Å². The first-order valence-electron chi connectivity index (χ1n) is 7.98. The summed E-state index contributed by atoms with van der Waals surface area (Å²) in [4.78, 5) is 24.5. The van der Waals surface area contributed by atoms with E-state index in [9.17, 15) is 9.59 Å². The van der Waals surface area contributed by atoms with Crippen LogP contribution in [0.3, 0.4) is 0 Å². The zero-order chi connectivity index (χ0) is 16.9. The number of benzene rings is 2. The Morgan fingerprint density at radius 1 is 1.17 bits per heavy atom. The molecule has 2 aromatic carbocycles. The van der Waals surface area contributed by atoms with E-state index < -0.39 is 0 Å². The highest BCUT2D eigenvalue weighted by Crippen LogP contribution is 2.31. The van der Waals surface area contributed by atoms with E-state index in [1.54, 1.807) is 0 Å². The zero-order valence-corrected chi connectivity index (χ0v) is 14.4. The van der Waals surface area contributed by atoms with Crippen molar-refractivity contribution in [1.82, 2.24) is 5.32 Å². The van der Waals surface area contributed by atoms with Gasteiger partial charge in [-0.15, -0.1) is 11.8 Å². The lowest BCUT2D eigenvalue weighted by atomic mass is 10.1. The molecule has 1 aliphatic rings. The summed E-state index contributed by atoms with van der Waals surface area (Å²) < 4.78 is 0. The predicted octanol–water partition coefficient (Wildman–Crippen LogP) is 3.29. The monoisotopic (exact) mass is 340 g/mol. The SMILES string of the molecule is Cc1ccc(CCC(=O)NCc2ccc3c(c2)NC(=O)CS3)cc1. The molecule has 2 amide bonds. The quantitative estimate of drug-likeness (QED) is 0.878. The van der Waals surface area contributed by atoms with E-state index >= 15 is 0 Å². The lowest BCUT2D eigenvalue weighted by molar-refractivity contribution is -0.121. The van der Waals surface area contributed by atoms with Gasteiger partial charge < -0.3 is 10.6 Å². The van der Waals surface area contributed by atoms with E-state index in [1.807, 2.05) is 18.2 Å². The van der Waals surface area contributed by atoms with Crippen molar-refractivity contribution in [2.24, 2.45) is 0 Å². The van der Waals surface area contributed by atoms with E-state index in [-0.39, 0.29) is 11.8 Å². The highest BCUT2D eigenvalue weighted by atomic mass is 32.2. The lowest BCUT2D eigenvalue weighted by Gasteiger charge is -2.17. The molecule has 0 atom stereocenters. The van der Waals surface area contributed by atoms with Crippen molar-refractivity contribution >= 4 is 29.3 Å². The van der Waals surface area contributed by atoms with Crippen molar-refractivity contribution in [3.8, 4) is 0 Å². The standard InChI is InChI=1S/C19H20N2O2S/c1-13-2-4-14(5-3-13)7-9-18(22)20-11-15-6-8-17-16(10-15)21-19(23)12-24-17/h2-6,8,10H,7,9,11-12H2,1H3,(H,20,22)(H,21,23). The maximum absolute atomic E-state index is 12.0. The van der Waals surface area contributed by atoms with Gasteiger partial charge >= 0.3 is 0 Å². The highest BCUT2D eigenvalue weighted by molar-refractivity contribution is 8.00. The number of carbonyl (C=O) groups excluding carboxylic acids is 2. The number of carbonyl (C=O) groups is 2. The molecule has 0 saturated heterocycles. The number of aryl methyl sites for hydroxylation is 2. The number of hydrogen-bond acceptors (Lipinski definition) is 3. The second-order valence-corrected chi connectivity index (χ2v) is 6.95. The Labute approximate surface area is 146 Å². The van der Waals surface area contributed by atoms with Crippen LogP contribution in [0.5, 0.6) is 0 Å². The number of rotatable bonds is 5. The molecule has 1 heterocycles. The topological polar surface area (TPSA) is 58.2 Å². The molecular formula is C19H20N2O2S. The van der Waals surface area contributed by atoms with Crippen molar-refractivity contribution in [3.05, 3.63) is 59.2 Å². The molecule has 4 nitrogen and oxygen atoms in total. The Hall–Kier alpha value is -2.27. The number of fused-ring (bicyclic) bond motifs is 1. The fourth-order valence-corrected chi connectivity index (χ4v) is 3.33. The van der Waals surface area contributed by atoms with Gasteiger partial charge in [0, 0.05) is 17.9 Å². The van der Waals surface area contributed by atoms with Crippen LogP contribution >= 0.6 is 11.8 Å². The van der Waals surface area contributed by atoms with Gasteiger partial charge in [0.25, 0.3) is 0 Å². The average Bonchev–Trinajstić information content (AvgIpc) is 2.59. The summed E-state index contributed by atoms with van der Waals surface area (Å²) in [7, 11) is 0. The maximum atomic E-state index is 12.0. The van der Waals surface area contributed by atoms with Gasteiger partial charge in [0.05, 0.1) is 11.4 Å². The summed E-state index contributed by atoms with van der Waals surface area (Å²) in [5, 5.41) is 5.81. The van der Waals surface area contributed by atoms with Crippen molar-refractivity contribution in [1.29, 1.82) is 0 Å². The molecule has 0 aromatic heterocycles. The fourth-order valence-electron chi connectivity index (χ4n) is 2.54. The molecule has 0 fully saturated rings. The van der Waals surface area contributed by atoms with E-state index in [4.69, 9.17) is 0 Å². The second kappa shape index (κ2) is 7.53. The van der Waals surface area contributed by atoms with Gasteiger partial charge in [0.1, 0.15) is 0 Å². The lowest BCUT2D eigenvalue weighted by Crippen LogP contribution is -2.23. The molecular weight excluding hydrogens is 320 g/mol. The molecule has 2 N–H and O–H groups in total. The summed E-state index contributed by atoms with van der Waals surface area (Å²) in [6.07, 6.45) is 1.21. The van der Waals surface area contributed by atoms with Crippen LogP contribution in [0.2, 0.25) is 0 Å². The smallest absolute Gasteiger partial charge is 0.234 e. The van der Waals surface area contributed by atoms with Crippen LogP contribution in [-0.2, 0) is 22.6 Å². The molecule has 5 heteroatoms. The molecule has 0 bridgehead atoms. The summed E-state index contributed by atoms with van der Waals surface area (Å²) in [6, 6.07) is 14.2. The average molecular weight is 340 g/mol. The Morgan fingerprint density at radius 2 is 1.92 bits per heavy atom. The summed E-state index contributed by atoms with van der Waals surface area (Å²) in [5.41, 5.74) is 4.22. The number of amides is 2. The normalized spacial score (nSPS) is 13.1. The van der Waals surface area contributed by atoms with E-state index in [0.29, 0.717) is 18.7 Å². The van der Waals surface area contributed by atoms with Gasteiger partial charge in [-0.05, 0) is 36.6 Å². The first-order valence-corrected chi connectivity index (χ1v) is 8.96. The molecule has 1 aliphatic heterocycles. The minimum Gasteiger partial charge on any atom is -0.352 e. The molecule has 124 valence electrons. The second-order valence-electron chi connectivity index (χ2n) is 5.93. The third kappa shape index (κ3) is 4.38. The summed E-state index contributed by atoms with van der Waals surface area (Å²) in [5.74, 6) is 0.515. The summed E-state index contributed by atoms with van der Waals surface area (Å²) in [6.45, 7) is 2.52. The van der Waals surface area contributed by atoms with Gasteiger partial charge in [-0.1, -0.05) is 35.9 Å². The fraction of sp³-hybridized carbons (Fsp3) is 0.263. The van der Waals surface area contributed by atoms with Crippen LogP contribution in [0, 0.1) is 6.92 Å². The van der Waals surface area contributed by atoms with Crippen LogP contribution in [0.15, 0.2) is 47.4 Å². The molecule has 3 rings (SSSR count). The zero-order valence-electron chi connectivity index (χ0n) is 13.6. The number of hydrogen-bond donors (Lipinski definition) is 2. The first kappa shape index (κ1) is 16.6. The largest absolute Gasteiger partial charge is 0.352 e. The molecule has 0 radical (unpaired) electrons. The maximum Gasteiger partial charge on any atom is 0.234 e. The highest BCUT2D eigenvalue weighted by Gasteiger charge is 2.15. The predicted molar refractivity (Wildman–Crippen MR) is 97.1 cm³/mol. The van der Waals surface area contributed by atoms with Gasteiger partial charge in [-0.2, -0.15) is 0 Å². The van der Waals surface area contributed by atoms with Crippen molar-refractivity contribution in [2.75, 3.05) is 11.1 Å². The van der Waals surface area contributed by atoms with Gasteiger partial charge in [-0.3, -0.25) is 9.59 Å². The number of anilines is 1. The molecule has 24 heavy (non-hydrogen) atoms. The molecule has 0 aliphatic carbocycles. The van der Waals surface area contributed by atoms with E-state index in [2.05, 4.69) is 41.8 Å². The van der Waals surface area contributed by atoms with Crippen LogP contribution in [0.4, 0.5) is 5.69 Å². The third-order valence-electron chi connectivity index (χ3n) is 3.93. The Morgan fingerprint density at radius 3 is 2.71 bits per heavy atom. The number of nitrogens with one attached hydrogen (secondary N) is 2. The molecule has 0 spiro atoms. The van der Waals surface area contributed by atoms with Crippen LogP contribution in [0.25, 0.3) is 0 Å². The Bertz CT molecular complexity index is 756. The van der Waals surface area contributed by atoms with Crippen molar-refractivity contribution in [3.63, 3.8) is 0 Å². The Kier molecular flexibility index (Phi) is 5.20. The van der Waals surface area contributed by atoms with E-state index in [0.717, 1.165) is 22.6 Å². The molecule has 2 aromatic rings. The molecule has 0 saturated carbocycles. The summed E-state index contributed by atoms with van der Waals surface area (Å²) >= 11 is 1.54. The van der Waals surface area contributed by atoms with Gasteiger partial charge in [0.2, 0.25) is 11.8 Å². The third-order valence-corrected chi connectivity index (χ3v) is 5.00. The van der Waals surface area contributed by atoms with Crippen molar-refractivity contribution in [2.45, 2.75) is 31.2 Å². The minimum absolute atomic E-state index is 0.0202.